The zero-order valence-electron chi connectivity index (χ0n) is 17.1. The predicted molar refractivity (Wildman–Crippen MR) is 118 cm³/mol. The van der Waals surface area contributed by atoms with E-state index in [9.17, 15) is 14.7 Å². The van der Waals surface area contributed by atoms with Crippen molar-refractivity contribution in [1.29, 1.82) is 0 Å². The Kier molecular flexibility index (Phi) is 5.77. The van der Waals surface area contributed by atoms with Crippen molar-refractivity contribution in [3.63, 3.8) is 0 Å². The summed E-state index contributed by atoms with van der Waals surface area (Å²) in [5.41, 5.74) is 1.05. The lowest BCUT2D eigenvalue weighted by Crippen LogP contribution is -2.28. The van der Waals surface area contributed by atoms with Crippen LogP contribution in [0.3, 0.4) is 0 Å². The molecule has 0 saturated carbocycles. The zero-order chi connectivity index (χ0) is 22.0. The molecule has 2 heterocycles. The maximum Gasteiger partial charge on any atom is 0.295 e. The van der Waals surface area contributed by atoms with Crippen molar-refractivity contribution < 1.29 is 24.2 Å². The molecule has 1 aromatic heterocycles. The van der Waals surface area contributed by atoms with E-state index >= 15 is 0 Å². The highest BCUT2D eigenvalue weighted by Crippen LogP contribution is 2.42. The fourth-order valence-corrected chi connectivity index (χ4v) is 4.44. The Morgan fingerprint density at radius 3 is 2.45 bits per heavy atom. The lowest BCUT2D eigenvalue weighted by atomic mass is 9.95. The second-order valence-electron chi connectivity index (χ2n) is 6.98. The molecule has 0 spiro atoms. The SMILES string of the molecule is COc1ccc(OC)c(/C(O)=C2\C(=O)C(=O)N(Cc3cccs3)C2c2ccccc2)c1. The molecule has 4 rings (SSSR count). The third-order valence-electron chi connectivity index (χ3n) is 5.22. The van der Waals surface area contributed by atoms with Crippen LogP contribution in [0, 0.1) is 0 Å². The largest absolute Gasteiger partial charge is 0.507 e. The van der Waals surface area contributed by atoms with Gasteiger partial charge >= 0.3 is 0 Å². The van der Waals surface area contributed by atoms with Crippen LogP contribution in [0.5, 0.6) is 11.5 Å². The maximum absolute atomic E-state index is 13.1. The fourth-order valence-electron chi connectivity index (χ4n) is 3.74. The lowest BCUT2D eigenvalue weighted by Gasteiger charge is -2.25. The Morgan fingerprint density at radius 2 is 1.81 bits per heavy atom. The van der Waals surface area contributed by atoms with E-state index in [0.717, 1.165) is 10.4 Å². The molecule has 0 aliphatic carbocycles. The third kappa shape index (κ3) is 3.80. The van der Waals surface area contributed by atoms with Crippen LogP contribution in [0.2, 0.25) is 0 Å². The number of carbonyl (C=O) groups is 2. The summed E-state index contributed by atoms with van der Waals surface area (Å²) < 4.78 is 10.7. The van der Waals surface area contributed by atoms with Crippen molar-refractivity contribution in [3.8, 4) is 11.5 Å². The van der Waals surface area contributed by atoms with Crippen molar-refractivity contribution in [1.82, 2.24) is 4.90 Å². The van der Waals surface area contributed by atoms with Crippen LogP contribution in [-0.4, -0.2) is 35.9 Å². The number of ether oxygens (including phenoxy) is 2. The molecule has 1 N–H and O–H groups in total. The molecule has 1 amide bonds. The number of rotatable bonds is 6. The number of benzene rings is 2. The molecule has 0 bridgehead atoms. The van der Waals surface area contributed by atoms with Gasteiger partial charge in [-0.05, 0) is 35.2 Å². The van der Waals surface area contributed by atoms with E-state index in [4.69, 9.17) is 9.47 Å². The number of Topliss-reactive ketones (excluding diaryl/α,β-unsaturated/α-hetero) is 1. The van der Waals surface area contributed by atoms with Crippen LogP contribution in [0.1, 0.15) is 22.0 Å². The van der Waals surface area contributed by atoms with Gasteiger partial charge in [-0.25, -0.2) is 0 Å². The molecule has 1 aliphatic heterocycles. The number of aliphatic hydroxyl groups is 1. The first-order valence-corrected chi connectivity index (χ1v) is 10.5. The minimum absolute atomic E-state index is 0.0271. The van der Waals surface area contributed by atoms with E-state index in [1.807, 2.05) is 47.8 Å². The lowest BCUT2D eigenvalue weighted by molar-refractivity contribution is -0.140. The van der Waals surface area contributed by atoms with Gasteiger partial charge in [0.1, 0.15) is 17.3 Å². The van der Waals surface area contributed by atoms with Gasteiger partial charge in [0.15, 0.2) is 0 Å². The van der Waals surface area contributed by atoms with Crippen molar-refractivity contribution in [2.75, 3.05) is 14.2 Å². The molecular weight excluding hydrogens is 414 g/mol. The standard InChI is InChI=1S/C24H21NO5S/c1-29-16-10-11-19(30-2)18(13-16)22(26)20-21(15-7-4-3-5-8-15)25(24(28)23(20)27)14-17-9-6-12-31-17/h3-13,21,26H,14H2,1-2H3/b22-20+. The van der Waals surface area contributed by atoms with Crippen molar-refractivity contribution >= 4 is 28.8 Å². The molecule has 2 aromatic carbocycles. The Balaban J connectivity index is 1.90. The highest BCUT2D eigenvalue weighted by molar-refractivity contribution is 7.09. The van der Waals surface area contributed by atoms with Crippen LogP contribution < -0.4 is 9.47 Å². The number of amides is 1. The van der Waals surface area contributed by atoms with Crippen LogP contribution in [0.25, 0.3) is 5.76 Å². The van der Waals surface area contributed by atoms with Gasteiger partial charge in [0.25, 0.3) is 11.7 Å². The first kappa shape index (κ1) is 20.7. The summed E-state index contributed by atoms with van der Waals surface area (Å²) in [7, 11) is 2.98. The van der Waals surface area contributed by atoms with Gasteiger partial charge in [0.05, 0.1) is 37.9 Å². The second-order valence-corrected chi connectivity index (χ2v) is 8.02. The Labute approximate surface area is 184 Å². The minimum Gasteiger partial charge on any atom is -0.507 e. The third-order valence-corrected chi connectivity index (χ3v) is 6.08. The van der Waals surface area contributed by atoms with Gasteiger partial charge in [-0.3, -0.25) is 9.59 Å². The molecule has 31 heavy (non-hydrogen) atoms. The number of thiophene rings is 1. The maximum atomic E-state index is 13.1. The molecule has 6 nitrogen and oxygen atoms in total. The van der Waals surface area contributed by atoms with Crippen LogP contribution in [-0.2, 0) is 16.1 Å². The van der Waals surface area contributed by atoms with Gasteiger partial charge in [-0.2, -0.15) is 0 Å². The molecule has 3 aromatic rings. The zero-order valence-corrected chi connectivity index (χ0v) is 17.9. The quantitative estimate of drug-likeness (QED) is 0.353. The summed E-state index contributed by atoms with van der Waals surface area (Å²) in [5.74, 6) is -0.809. The number of hydrogen-bond acceptors (Lipinski definition) is 6. The van der Waals surface area contributed by atoms with E-state index in [2.05, 4.69) is 0 Å². The Hall–Kier alpha value is -3.58. The number of hydrogen-bond donors (Lipinski definition) is 1. The van der Waals surface area contributed by atoms with Crippen molar-refractivity contribution in [3.05, 3.63) is 87.6 Å². The number of nitrogens with zero attached hydrogens (tertiary/aromatic N) is 1. The van der Waals surface area contributed by atoms with Gasteiger partial charge in [-0.1, -0.05) is 36.4 Å². The smallest absolute Gasteiger partial charge is 0.295 e. The van der Waals surface area contributed by atoms with E-state index < -0.39 is 17.7 Å². The van der Waals surface area contributed by atoms with E-state index in [0.29, 0.717) is 11.5 Å². The fraction of sp³-hybridized carbons (Fsp3) is 0.167. The number of carbonyl (C=O) groups excluding carboxylic acids is 2. The summed E-state index contributed by atoms with van der Waals surface area (Å²) in [6.45, 7) is 0.272. The van der Waals surface area contributed by atoms with Crippen molar-refractivity contribution in [2.24, 2.45) is 0 Å². The first-order chi connectivity index (χ1) is 15.0. The monoisotopic (exact) mass is 435 g/mol. The molecule has 0 radical (unpaired) electrons. The highest BCUT2D eigenvalue weighted by Gasteiger charge is 2.46. The van der Waals surface area contributed by atoms with Gasteiger partial charge in [0.2, 0.25) is 0 Å². The number of ketones is 1. The van der Waals surface area contributed by atoms with Gasteiger partial charge in [-0.15, -0.1) is 11.3 Å². The van der Waals surface area contributed by atoms with E-state index in [1.54, 1.807) is 18.2 Å². The molecule has 1 unspecified atom stereocenters. The average molecular weight is 436 g/mol. The average Bonchev–Trinajstić information content (AvgIpc) is 3.41. The molecule has 1 atom stereocenters. The minimum atomic E-state index is -0.729. The van der Waals surface area contributed by atoms with Crippen LogP contribution >= 0.6 is 11.3 Å². The van der Waals surface area contributed by atoms with Crippen LogP contribution in [0.15, 0.2) is 71.6 Å². The highest BCUT2D eigenvalue weighted by atomic mass is 32.1. The molecule has 7 heteroatoms. The summed E-state index contributed by atoms with van der Waals surface area (Å²) in [4.78, 5) is 28.6. The number of likely N-dealkylation sites (tertiary alicyclic amines) is 1. The Morgan fingerprint density at radius 1 is 1.03 bits per heavy atom. The van der Waals surface area contributed by atoms with E-state index in [1.165, 1.54) is 30.5 Å². The Bertz CT molecular complexity index is 1140. The molecular formula is C24H21NO5S. The van der Waals surface area contributed by atoms with Crippen LogP contribution in [0.4, 0.5) is 0 Å². The molecule has 1 fully saturated rings. The summed E-state index contributed by atoms with van der Waals surface area (Å²) in [5, 5.41) is 13.2. The first-order valence-electron chi connectivity index (χ1n) is 9.63. The molecule has 1 aliphatic rings. The normalized spacial score (nSPS) is 17.7. The topological polar surface area (TPSA) is 76.1 Å². The van der Waals surface area contributed by atoms with E-state index in [-0.39, 0.29) is 23.4 Å². The molecule has 1 saturated heterocycles. The van der Waals surface area contributed by atoms with Gasteiger partial charge in [0, 0.05) is 4.88 Å². The molecule has 158 valence electrons. The summed E-state index contributed by atoms with van der Waals surface area (Å²) in [6, 6.07) is 17.2. The summed E-state index contributed by atoms with van der Waals surface area (Å²) >= 11 is 1.51. The summed E-state index contributed by atoms with van der Waals surface area (Å²) in [6.07, 6.45) is 0. The number of methoxy groups -OCH3 is 2. The van der Waals surface area contributed by atoms with Crippen molar-refractivity contribution in [2.45, 2.75) is 12.6 Å². The number of aliphatic hydroxyl groups excluding tert-OH is 1. The predicted octanol–water partition coefficient (Wildman–Crippen LogP) is 4.39. The van der Waals surface area contributed by atoms with Gasteiger partial charge < -0.3 is 19.5 Å². The second kappa shape index (κ2) is 8.65.